The molecule has 0 radical (unpaired) electrons. The Morgan fingerprint density at radius 3 is 2.48 bits per heavy atom. The zero-order valence-electron chi connectivity index (χ0n) is 13.6. The summed E-state index contributed by atoms with van der Waals surface area (Å²) in [6.45, 7) is -0.350. The second-order valence-electron chi connectivity index (χ2n) is 4.95. The minimum Gasteiger partial charge on any atom is -0.482 e. The summed E-state index contributed by atoms with van der Waals surface area (Å²) in [4.78, 5) is 34.1. The first-order valence-electron chi connectivity index (χ1n) is 7.39. The summed E-state index contributed by atoms with van der Waals surface area (Å²) < 4.78 is 5.23. The summed E-state index contributed by atoms with van der Waals surface area (Å²) in [5.74, 6) is -1.04. The van der Waals surface area contributed by atoms with Crippen molar-refractivity contribution in [2.75, 3.05) is 6.61 Å². The second kappa shape index (κ2) is 9.46. The van der Waals surface area contributed by atoms with E-state index in [0.717, 1.165) is 0 Å². The van der Waals surface area contributed by atoms with Crippen molar-refractivity contribution in [3.05, 3.63) is 69.2 Å². The predicted molar refractivity (Wildman–Crippen MR) is 101 cm³/mol. The molecule has 2 amide bonds. The fourth-order valence-corrected chi connectivity index (χ4v) is 2.23. The fourth-order valence-electron chi connectivity index (χ4n) is 1.89. The van der Waals surface area contributed by atoms with Crippen LogP contribution in [0.4, 0.5) is 5.69 Å². The first kappa shape index (κ1) is 20.1. The summed E-state index contributed by atoms with van der Waals surface area (Å²) in [7, 11) is 0. The van der Waals surface area contributed by atoms with Crippen LogP contribution in [0.5, 0.6) is 5.75 Å². The number of hydrogen-bond acceptors (Lipinski definition) is 6. The number of para-hydroxylation sites is 2. The number of nitrogens with zero attached hydrogens (tertiary/aromatic N) is 1. The van der Waals surface area contributed by atoms with E-state index in [1.807, 2.05) is 0 Å². The molecule has 9 nitrogen and oxygen atoms in total. The van der Waals surface area contributed by atoms with Crippen LogP contribution < -0.4 is 20.9 Å². The third-order valence-electron chi connectivity index (χ3n) is 3.08. The molecule has 0 saturated heterocycles. The molecule has 0 atom stereocenters. The van der Waals surface area contributed by atoms with Crippen LogP contribution in [0.15, 0.2) is 48.5 Å². The van der Waals surface area contributed by atoms with Crippen molar-refractivity contribution in [2.45, 2.75) is 0 Å². The van der Waals surface area contributed by atoms with Gasteiger partial charge in [0.05, 0.1) is 9.95 Å². The van der Waals surface area contributed by atoms with Gasteiger partial charge in [0.25, 0.3) is 17.5 Å². The Morgan fingerprint density at radius 1 is 1.11 bits per heavy atom. The van der Waals surface area contributed by atoms with Gasteiger partial charge in [0.2, 0.25) is 0 Å². The standard InChI is InChI=1S/C16H13ClN4O5S/c17-11-6-2-4-8-13(11)26-9-14(22)19-20-16(27)18-15(23)10-5-1-3-7-12(10)21(24)25/h1-8H,9H2,(H,19,22)(H2,18,20,23,27). The largest absolute Gasteiger partial charge is 0.482 e. The maximum atomic E-state index is 12.1. The highest BCUT2D eigenvalue weighted by atomic mass is 35.5. The highest BCUT2D eigenvalue weighted by Gasteiger charge is 2.19. The smallest absolute Gasteiger partial charge is 0.282 e. The van der Waals surface area contributed by atoms with Crippen molar-refractivity contribution in [2.24, 2.45) is 0 Å². The summed E-state index contributed by atoms with van der Waals surface area (Å²) >= 11 is 10.8. The molecule has 0 aliphatic carbocycles. The van der Waals surface area contributed by atoms with Crippen LogP contribution in [0.2, 0.25) is 5.02 Å². The van der Waals surface area contributed by atoms with E-state index in [1.54, 1.807) is 24.3 Å². The first-order chi connectivity index (χ1) is 12.9. The van der Waals surface area contributed by atoms with Crippen LogP contribution in [0.1, 0.15) is 10.4 Å². The minimum absolute atomic E-state index is 0.167. The molecule has 27 heavy (non-hydrogen) atoms. The molecular formula is C16H13ClN4O5S. The molecule has 3 N–H and O–H groups in total. The highest BCUT2D eigenvalue weighted by Crippen LogP contribution is 2.22. The molecule has 2 rings (SSSR count). The molecule has 0 aromatic heterocycles. The van der Waals surface area contributed by atoms with E-state index < -0.39 is 16.7 Å². The lowest BCUT2D eigenvalue weighted by atomic mass is 10.1. The lowest BCUT2D eigenvalue weighted by Crippen LogP contribution is -2.49. The average Bonchev–Trinajstić information content (AvgIpc) is 2.65. The number of thiocarbonyl (C=S) groups is 1. The van der Waals surface area contributed by atoms with Crippen LogP contribution in [-0.2, 0) is 4.79 Å². The molecule has 2 aromatic carbocycles. The van der Waals surface area contributed by atoms with Gasteiger partial charge in [0.1, 0.15) is 11.3 Å². The van der Waals surface area contributed by atoms with E-state index in [4.69, 9.17) is 28.6 Å². The van der Waals surface area contributed by atoms with Crippen molar-refractivity contribution in [1.29, 1.82) is 0 Å². The van der Waals surface area contributed by atoms with Crippen LogP contribution >= 0.6 is 23.8 Å². The topological polar surface area (TPSA) is 123 Å². The van der Waals surface area contributed by atoms with Gasteiger partial charge < -0.3 is 4.74 Å². The fraction of sp³-hybridized carbons (Fsp3) is 0.0625. The molecule has 0 fully saturated rings. The van der Waals surface area contributed by atoms with E-state index in [1.165, 1.54) is 24.3 Å². The zero-order chi connectivity index (χ0) is 19.8. The minimum atomic E-state index is -0.790. The van der Waals surface area contributed by atoms with Gasteiger partial charge in [-0.15, -0.1) is 0 Å². The maximum Gasteiger partial charge on any atom is 0.282 e. The number of halogens is 1. The van der Waals surface area contributed by atoms with E-state index in [-0.39, 0.29) is 23.0 Å². The lowest BCUT2D eigenvalue weighted by molar-refractivity contribution is -0.385. The van der Waals surface area contributed by atoms with Gasteiger partial charge in [-0.3, -0.25) is 35.9 Å². The first-order valence-corrected chi connectivity index (χ1v) is 8.18. The molecule has 0 bridgehead atoms. The number of carbonyl (C=O) groups is 2. The van der Waals surface area contributed by atoms with Gasteiger partial charge in [-0.1, -0.05) is 35.9 Å². The molecule has 0 heterocycles. The Balaban J connectivity index is 1.82. The Hall–Kier alpha value is -3.24. The lowest BCUT2D eigenvalue weighted by Gasteiger charge is -2.12. The normalized spacial score (nSPS) is 9.81. The third-order valence-corrected chi connectivity index (χ3v) is 3.60. The van der Waals surface area contributed by atoms with Crippen molar-refractivity contribution in [3.63, 3.8) is 0 Å². The number of nitro benzene ring substituents is 1. The second-order valence-corrected chi connectivity index (χ2v) is 5.77. The average molecular weight is 409 g/mol. The van der Waals surface area contributed by atoms with Crippen molar-refractivity contribution in [3.8, 4) is 5.75 Å². The number of amides is 2. The molecule has 0 aliphatic rings. The summed E-state index contributed by atoms with van der Waals surface area (Å²) in [6, 6.07) is 12.0. The van der Waals surface area contributed by atoms with Crippen LogP contribution in [0, 0.1) is 10.1 Å². The molecule has 0 saturated carbocycles. The number of ether oxygens (including phenoxy) is 1. The summed E-state index contributed by atoms with van der Waals surface area (Å²) in [5, 5.41) is 13.3. The number of hydrazine groups is 1. The van der Waals surface area contributed by atoms with Crippen molar-refractivity contribution >= 4 is 46.4 Å². The molecule has 140 valence electrons. The monoisotopic (exact) mass is 408 g/mol. The zero-order valence-corrected chi connectivity index (χ0v) is 15.2. The Labute approximate surface area is 163 Å². The molecule has 11 heteroatoms. The van der Waals surface area contributed by atoms with Gasteiger partial charge in [0, 0.05) is 6.07 Å². The maximum absolute atomic E-state index is 12.1. The van der Waals surface area contributed by atoms with Gasteiger partial charge >= 0.3 is 0 Å². The number of hydrogen-bond donors (Lipinski definition) is 3. The molecule has 2 aromatic rings. The number of benzene rings is 2. The Kier molecular flexibility index (Phi) is 7.03. The van der Waals surface area contributed by atoms with Gasteiger partial charge in [0.15, 0.2) is 11.7 Å². The van der Waals surface area contributed by atoms with Gasteiger partial charge in [-0.2, -0.15) is 0 Å². The Bertz CT molecular complexity index is 893. The van der Waals surface area contributed by atoms with Crippen molar-refractivity contribution < 1.29 is 19.2 Å². The third kappa shape index (κ3) is 5.90. The molecular weight excluding hydrogens is 396 g/mol. The summed E-state index contributed by atoms with van der Waals surface area (Å²) in [5.41, 5.74) is 3.99. The van der Waals surface area contributed by atoms with Crippen LogP contribution in [0.3, 0.4) is 0 Å². The quantitative estimate of drug-likeness (QED) is 0.392. The molecule has 0 unspecified atom stereocenters. The Morgan fingerprint density at radius 2 is 1.78 bits per heavy atom. The van der Waals surface area contributed by atoms with E-state index in [0.29, 0.717) is 10.8 Å². The predicted octanol–water partition coefficient (Wildman–Crippen LogP) is 1.96. The van der Waals surface area contributed by atoms with Crippen LogP contribution in [-0.4, -0.2) is 28.5 Å². The van der Waals surface area contributed by atoms with E-state index in [2.05, 4.69) is 16.2 Å². The number of carbonyl (C=O) groups excluding carboxylic acids is 2. The molecule has 0 spiro atoms. The van der Waals surface area contributed by atoms with E-state index in [9.17, 15) is 19.7 Å². The highest BCUT2D eigenvalue weighted by molar-refractivity contribution is 7.80. The van der Waals surface area contributed by atoms with Crippen LogP contribution in [0.25, 0.3) is 0 Å². The SMILES string of the molecule is O=C(COc1ccccc1Cl)NNC(=S)NC(=O)c1ccccc1[N+](=O)[O-]. The van der Waals surface area contributed by atoms with E-state index >= 15 is 0 Å². The number of rotatable bonds is 5. The van der Waals surface area contributed by atoms with Crippen molar-refractivity contribution in [1.82, 2.24) is 16.2 Å². The molecule has 0 aliphatic heterocycles. The van der Waals surface area contributed by atoms with Gasteiger partial charge in [-0.05, 0) is 30.4 Å². The summed E-state index contributed by atoms with van der Waals surface area (Å²) in [6.07, 6.45) is 0. The number of nitrogens with one attached hydrogen (secondary N) is 3. The number of nitro groups is 1. The van der Waals surface area contributed by atoms with Gasteiger partial charge in [-0.25, -0.2) is 0 Å².